The molecule has 0 spiro atoms. The summed E-state index contributed by atoms with van der Waals surface area (Å²) in [7, 11) is 0. The summed E-state index contributed by atoms with van der Waals surface area (Å²) in [6.07, 6.45) is 0.611. The Labute approximate surface area is 204 Å². The maximum Gasteiger partial charge on any atom is 0.229 e. The SMILES string of the molecule is CC(C)(CCl)C(=O)N(CCc1ccc(Cl)cc1Cl)Cc1cccc(Oc2ccccc2)c1. The minimum Gasteiger partial charge on any atom is -0.457 e. The Morgan fingerprint density at radius 3 is 2.34 bits per heavy atom. The van der Waals surface area contributed by atoms with Crippen LogP contribution in [0.5, 0.6) is 11.5 Å². The van der Waals surface area contributed by atoms with Gasteiger partial charge in [0.15, 0.2) is 0 Å². The molecule has 0 aliphatic carbocycles. The molecule has 3 aromatic rings. The quantitative estimate of drug-likeness (QED) is 0.289. The van der Waals surface area contributed by atoms with E-state index >= 15 is 0 Å². The normalized spacial score (nSPS) is 11.3. The number of rotatable bonds is 9. The van der Waals surface area contributed by atoms with Gasteiger partial charge in [0.25, 0.3) is 0 Å². The number of hydrogen-bond acceptors (Lipinski definition) is 2. The first-order valence-electron chi connectivity index (χ1n) is 10.4. The first-order valence-corrected chi connectivity index (χ1v) is 11.7. The molecule has 0 saturated heterocycles. The summed E-state index contributed by atoms with van der Waals surface area (Å²) in [5.41, 5.74) is 1.24. The van der Waals surface area contributed by atoms with Gasteiger partial charge in [-0.05, 0) is 67.8 Å². The van der Waals surface area contributed by atoms with Crippen molar-refractivity contribution in [3.63, 3.8) is 0 Å². The van der Waals surface area contributed by atoms with E-state index in [1.807, 2.05) is 85.5 Å². The van der Waals surface area contributed by atoms with Gasteiger partial charge in [-0.15, -0.1) is 11.6 Å². The maximum atomic E-state index is 13.3. The lowest BCUT2D eigenvalue weighted by atomic mass is 9.93. The van der Waals surface area contributed by atoms with Gasteiger partial charge in [-0.2, -0.15) is 0 Å². The summed E-state index contributed by atoms with van der Waals surface area (Å²) in [6.45, 7) is 4.67. The lowest BCUT2D eigenvalue weighted by Crippen LogP contribution is -2.42. The molecule has 0 N–H and O–H groups in total. The second-order valence-electron chi connectivity index (χ2n) is 8.29. The molecule has 0 radical (unpaired) electrons. The third-order valence-electron chi connectivity index (χ3n) is 5.12. The summed E-state index contributed by atoms with van der Waals surface area (Å²) < 4.78 is 5.95. The highest BCUT2D eigenvalue weighted by Crippen LogP contribution is 2.27. The summed E-state index contributed by atoms with van der Waals surface area (Å²) in [5, 5.41) is 1.19. The van der Waals surface area contributed by atoms with E-state index < -0.39 is 5.41 Å². The van der Waals surface area contributed by atoms with Gasteiger partial charge in [0.1, 0.15) is 11.5 Å². The molecule has 3 aromatic carbocycles. The van der Waals surface area contributed by atoms with Gasteiger partial charge in [0.05, 0.1) is 5.41 Å². The highest BCUT2D eigenvalue weighted by atomic mass is 35.5. The first-order chi connectivity index (χ1) is 15.3. The van der Waals surface area contributed by atoms with E-state index in [-0.39, 0.29) is 11.8 Å². The second-order valence-corrected chi connectivity index (χ2v) is 9.40. The van der Waals surface area contributed by atoms with E-state index in [0.29, 0.717) is 29.6 Å². The topological polar surface area (TPSA) is 29.5 Å². The fourth-order valence-corrected chi connectivity index (χ4v) is 3.89. The Morgan fingerprint density at radius 1 is 0.938 bits per heavy atom. The van der Waals surface area contributed by atoms with Gasteiger partial charge in [-0.25, -0.2) is 0 Å². The predicted molar refractivity (Wildman–Crippen MR) is 133 cm³/mol. The number of halogens is 3. The van der Waals surface area contributed by atoms with Gasteiger partial charge in [0, 0.05) is 29.0 Å². The van der Waals surface area contributed by atoms with E-state index in [9.17, 15) is 4.79 Å². The zero-order valence-electron chi connectivity index (χ0n) is 18.2. The molecule has 0 aromatic heterocycles. The summed E-state index contributed by atoms with van der Waals surface area (Å²) in [4.78, 5) is 15.1. The number of carbonyl (C=O) groups is 1. The molecule has 0 atom stereocenters. The van der Waals surface area contributed by atoms with Gasteiger partial charge < -0.3 is 9.64 Å². The fraction of sp³-hybridized carbons (Fsp3) is 0.269. The molecule has 0 aliphatic heterocycles. The monoisotopic (exact) mass is 489 g/mol. The van der Waals surface area contributed by atoms with E-state index in [4.69, 9.17) is 39.5 Å². The lowest BCUT2D eigenvalue weighted by molar-refractivity contribution is -0.139. The average molecular weight is 491 g/mol. The molecule has 32 heavy (non-hydrogen) atoms. The minimum atomic E-state index is -0.677. The third kappa shape index (κ3) is 6.65. The van der Waals surface area contributed by atoms with E-state index in [1.54, 1.807) is 6.07 Å². The standard InChI is InChI=1S/C26H26Cl3NO2/c1-26(2,18-27)25(31)30(14-13-20-11-12-21(28)16-24(20)29)17-19-7-6-10-23(15-19)32-22-8-4-3-5-9-22/h3-12,15-16H,13-14,17-18H2,1-2H3. The number of ether oxygens (including phenoxy) is 1. The number of para-hydroxylation sites is 1. The van der Waals surface area contributed by atoms with Crippen molar-refractivity contribution in [3.8, 4) is 11.5 Å². The van der Waals surface area contributed by atoms with Crippen molar-refractivity contribution >= 4 is 40.7 Å². The van der Waals surface area contributed by atoms with Crippen LogP contribution >= 0.6 is 34.8 Å². The molecule has 3 rings (SSSR count). The zero-order valence-corrected chi connectivity index (χ0v) is 20.4. The van der Waals surface area contributed by atoms with Crippen molar-refractivity contribution in [2.75, 3.05) is 12.4 Å². The first kappa shape index (κ1) is 24.4. The number of carbonyl (C=O) groups excluding carboxylic acids is 1. The van der Waals surface area contributed by atoms with Gasteiger partial charge in [-0.3, -0.25) is 4.79 Å². The van der Waals surface area contributed by atoms with Gasteiger partial charge in [-0.1, -0.05) is 59.6 Å². The van der Waals surface area contributed by atoms with Crippen molar-refractivity contribution in [3.05, 3.63) is 94.0 Å². The van der Waals surface area contributed by atoms with Gasteiger partial charge in [0.2, 0.25) is 5.91 Å². The molecule has 168 valence electrons. The van der Waals surface area contributed by atoms with Crippen LogP contribution in [0.25, 0.3) is 0 Å². The summed E-state index contributed by atoms with van der Waals surface area (Å²) >= 11 is 18.5. The number of alkyl halides is 1. The second kappa shape index (κ2) is 11.1. The van der Waals surface area contributed by atoms with E-state index in [0.717, 1.165) is 22.6 Å². The van der Waals surface area contributed by atoms with Crippen molar-refractivity contribution < 1.29 is 9.53 Å². The van der Waals surface area contributed by atoms with Crippen molar-refractivity contribution in [2.24, 2.45) is 5.41 Å². The van der Waals surface area contributed by atoms with Crippen molar-refractivity contribution in [1.29, 1.82) is 0 Å². The summed E-state index contributed by atoms with van der Waals surface area (Å²) in [5.74, 6) is 1.71. The van der Waals surface area contributed by atoms with Gasteiger partial charge >= 0.3 is 0 Å². The number of benzene rings is 3. The van der Waals surface area contributed by atoms with Crippen LogP contribution in [-0.2, 0) is 17.8 Å². The Balaban J connectivity index is 1.79. The Bertz CT molecular complexity index is 1050. The van der Waals surface area contributed by atoms with Crippen LogP contribution < -0.4 is 4.74 Å². The minimum absolute atomic E-state index is 0.00744. The number of nitrogens with zero attached hydrogens (tertiary/aromatic N) is 1. The molecule has 3 nitrogen and oxygen atoms in total. The van der Waals surface area contributed by atoms with E-state index in [2.05, 4.69) is 0 Å². The third-order valence-corrected chi connectivity index (χ3v) is 6.37. The van der Waals surface area contributed by atoms with Crippen LogP contribution in [0.4, 0.5) is 0 Å². The highest BCUT2D eigenvalue weighted by molar-refractivity contribution is 6.35. The molecule has 0 aliphatic rings. The molecule has 0 saturated carbocycles. The Kier molecular flexibility index (Phi) is 8.47. The molecular formula is C26H26Cl3NO2. The van der Waals surface area contributed by atoms with Crippen LogP contribution in [0.1, 0.15) is 25.0 Å². The molecule has 0 bridgehead atoms. The molecular weight excluding hydrogens is 465 g/mol. The lowest BCUT2D eigenvalue weighted by Gasteiger charge is -2.31. The summed E-state index contributed by atoms with van der Waals surface area (Å²) in [6, 6.07) is 22.8. The Morgan fingerprint density at radius 2 is 1.66 bits per heavy atom. The van der Waals surface area contributed by atoms with Crippen LogP contribution in [0, 0.1) is 5.41 Å². The van der Waals surface area contributed by atoms with Crippen molar-refractivity contribution in [2.45, 2.75) is 26.8 Å². The molecule has 0 fully saturated rings. The molecule has 0 unspecified atom stereocenters. The smallest absolute Gasteiger partial charge is 0.229 e. The molecule has 0 heterocycles. The number of hydrogen-bond donors (Lipinski definition) is 0. The van der Waals surface area contributed by atoms with Crippen LogP contribution in [0.3, 0.4) is 0 Å². The molecule has 6 heteroatoms. The van der Waals surface area contributed by atoms with E-state index in [1.165, 1.54) is 0 Å². The maximum absolute atomic E-state index is 13.3. The number of amides is 1. The van der Waals surface area contributed by atoms with Crippen LogP contribution in [0.2, 0.25) is 10.0 Å². The fourth-order valence-electron chi connectivity index (χ4n) is 3.27. The molecule has 1 amide bonds. The highest BCUT2D eigenvalue weighted by Gasteiger charge is 2.31. The predicted octanol–water partition coefficient (Wildman–Crippen LogP) is 7.62. The zero-order chi connectivity index (χ0) is 23.1. The van der Waals surface area contributed by atoms with Crippen molar-refractivity contribution in [1.82, 2.24) is 4.90 Å². The largest absolute Gasteiger partial charge is 0.457 e. The average Bonchev–Trinajstić information content (AvgIpc) is 2.78. The van der Waals surface area contributed by atoms with Crippen LogP contribution in [0.15, 0.2) is 72.8 Å². The Hall–Kier alpha value is -2.20. The van der Waals surface area contributed by atoms with Crippen LogP contribution in [-0.4, -0.2) is 23.2 Å².